The second kappa shape index (κ2) is 7.98. The number of hydrogen-bond acceptors (Lipinski definition) is 8. The Morgan fingerprint density at radius 1 is 1.23 bits per heavy atom. The highest BCUT2D eigenvalue weighted by atomic mass is 32.1. The van der Waals surface area contributed by atoms with Crippen LogP contribution in [0, 0.1) is 10.1 Å². The molecule has 134 valence electrons. The number of nitro groups is 1. The zero-order valence-electron chi connectivity index (χ0n) is 14.1. The molecular weight excluding hydrogens is 354 g/mol. The van der Waals surface area contributed by atoms with Crippen LogP contribution in [-0.4, -0.2) is 34.7 Å². The number of non-ortho nitro benzene ring substituents is 1. The first kappa shape index (κ1) is 17.9. The lowest BCUT2D eigenvalue weighted by atomic mass is 10.2. The van der Waals surface area contributed by atoms with Crippen molar-refractivity contribution in [1.82, 2.24) is 4.98 Å². The van der Waals surface area contributed by atoms with Crippen LogP contribution in [0.15, 0.2) is 52.7 Å². The fraction of sp³-hybridized carbons (Fsp3) is 0.235. The summed E-state index contributed by atoms with van der Waals surface area (Å²) in [6, 6.07) is 12.1. The van der Waals surface area contributed by atoms with Gasteiger partial charge in [-0.1, -0.05) is 11.3 Å². The molecule has 0 amide bonds. The summed E-state index contributed by atoms with van der Waals surface area (Å²) >= 11 is 1.25. The standard InChI is InChI=1S/C17H17N5O3S/c1-2-21(9-10-23)13-5-3-12(4-6-13)19-20-17-18-15-8-7-14(22(24)25)11-16(15)26-17/h3-8,11,23H,2,9-10H2,1H3. The van der Waals surface area contributed by atoms with E-state index >= 15 is 0 Å². The smallest absolute Gasteiger partial charge is 0.270 e. The van der Waals surface area contributed by atoms with Crippen molar-refractivity contribution in [1.29, 1.82) is 0 Å². The molecule has 0 aliphatic rings. The van der Waals surface area contributed by atoms with E-state index in [2.05, 4.69) is 20.1 Å². The van der Waals surface area contributed by atoms with Gasteiger partial charge < -0.3 is 10.0 Å². The molecule has 0 aliphatic carbocycles. The summed E-state index contributed by atoms with van der Waals surface area (Å²) in [4.78, 5) is 16.8. The largest absolute Gasteiger partial charge is 0.395 e. The van der Waals surface area contributed by atoms with Crippen molar-refractivity contribution in [2.45, 2.75) is 6.92 Å². The van der Waals surface area contributed by atoms with Crippen LogP contribution in [-0.2, 0) is 0 Å². The third kappa shape index (κ3) is 4.01. The van der Waals surface area contributed by atoms with Gasteiger partial charge in [0.15, 0.2) is 0 Å². The summed E-state index contributed by atoms with van der Waals surface area (Å²) in [6.07, 6.45) is 0. The number of rotatable bonds is 7. The summed E-state index contributed by atoms with van der Waals surface area (Å²) in [5, 5.41) is 28.7. The third-order valence-corrected chi connectivity index (χ3v) is 4.69. The van der Waals surface area contributed by atoms with Gasteiger partial charge in [-0.05, 0) is 37.3 Å². The van der Waals surface area contributed by atoms with Gasteiger partial charge in [0.1, 0.15) is 0 Å². The van der Waals surface area contributed by atoms with E-state index in [1.807, 2.05) is 31.2 Å². The Hall–Kier alpha value is -2.91. The number of nitro benzene ring substituents is 1. The predicted molar refractivity (Wildman–Crippen MR) is 102 cm³/mol. The van der Waals surface area contributed by atoms with Crippen molar-refractivity contribution in [3.63, 3.8) is 0 Å². The number of benzene rings is 2. The van der Waals surface area contributed by atoms with Crippen LogP contribution >= 0.6 is 11.3 Å². The fourth-order valence-electron chi connectivity index (χ4n) is 2.48. The van der Waals surface area contributed by atoms with E-state index in [9.17, 15) is 10.1 Å². The maximum absolute atomic E-state index is 10.8. The van der Waals surface area contributed by atoms with Crippen LogP contribution in [0.2, 0.25) is 0 Å². The van der Waals surface area contributed by atoms with Crippen LogP contribution in [0.1, 0.15) is 6.92 Å². The highest BCUT2D eigenvalue weighted by molar-refractivity contribution is 7.21. The quantitative estimate of drug-likeness (QED) is 0.376. The van der Waals surface area contributed by atoms with E-state index in [1.165, 1.54) is 23.5 Å². The monoisotopic (exact) mass is 371 g/mol. The number of aliphatic hydroxyl groups is 1. The molecule has 2 aromatic carbocycles. The van der Waals surface area contributed by atoms with Crippen molar-refractivity contribution in [3.05, 3.63) is 52.6 Å². The molecule has 0 aliphatic heterocycles. The number of nitrogens with zero attached hydrogens (tertiary/aromatic N) is 5. The normalized spacial score (nSPS) is 11.3. The molecule has 1 N–H and O–H groups in total. The minimum absolute atomic E-state index is 0.0311. The summed E-state index contributed by atoms with van der Waals surface area (Å²) in [6.45, 7) is 3.51. The molecule has 8 nitrogen and oxygen atoms in total. The topological polar surface area (TPSA) is 104 Å². The molecule has 1 heterocycles. The minimum atomic E-state index is -0.432. The van der Waals surface area contributed by atoms with Gasteiger partial charge in [0.2, 0.25) is 5.13 Å². The van der Waals surface area contributed by atoms with Gasteiger partial charge in [-0.3, -0.25) is 10.1 Å². The average molecular weight is 371 g/mol. The number of azo groups is 1. The van der Waals surface area contributed by atoms with Gasteiger partial charge in [0.05, 0.1) is 27.4 Å². The Morgan fingerprint density at radius 3 is 2.65 bits per heavy atom. The zero-order valence-corrected chi connectivity index (χ0v) is 14.9. The van der Waals surface area contributed by atoms with E-state index < -0.39 is 4.92 Å². The molecule has 3 rings (SSSR count). The molecule has 0 fully saturated rings. The number of thiazole rings is 1. The molecule has 0 atom stereocenters. The molecule has 1 aromatic heterocycles. The number of aromatic nitrogens is 1. The van der Waals surface area contributed by atoms with Crippen LogP contribution in [0.25, 0.3) is 10.2 Å². The highest BCUT2D eigenvalue weighted by Crippen LogP contribution is 2.32. The van der Waals surface area contributed by atoms with Gasteiger partial charge in [0, 0.05) is 30.9 Å². The molecule has 0 radical (unpaired) electrons. The first-order valence-electron chi connectivity index (χ1n) is 8.03. The van der Waals surface area contributed by atoms with Crippen LogP contribution in [0.4, 0.5) is 22.2 Å². The van der Waals surface area contributed by atoms with Gasteiger partial charge in [-0.15, -0.1) is 10.2 Å². The molecule has 9 heteroatoms. The van der Waals surface area contributed by atoms with Crippen molar-refractivity contribution in [3.8, 4) is 0 Å². The zero-order chi connectivity index (χ0) is 18.5. The van der Waals surface area contributed by atoms with E-state index in [-0.39, 0.29) is 12.3 Å². The lowest BCUT2D eigenvalue weighted by Gasteiger charge is -2.21. The Morgan fingerprint density at radius 2 is 2.00 bits per heavy atom. The van der Waals surface area contributed by atoms with Crippen LogP contribution in [0.3, 0.4) is 0 Å². The summed E-state index contributed by atoms with van der Waals surface area (Å²) in [5.74, 6) is 0. The molecule has 0 spiro atoms. The fourth-order valence-corrected chi connectivity index (χ4v) is 3.30. The molecule has 3 aromatic rings. The second-order valence-electron chi connectivity index (χ2n) is 5.43. The van der Waals surface area contributed by atoms with E-state index in [0.717, 1.165) is 12.2 Å². The molecule has 0 bridgehead atoms. The second-order valence-corrected chi connectivity index (χ2v) is 6.43. The predicted octanol–water partition coefficient (Wildman–Crippen LogP) is 4.44. The number of hydrogen-bond donors (Lipinski definition) is 1. The van der Waals surface area contributed by atoms with Gasteiger partial charge >= 0.3 is 0 Å². The first-order chi connectivity index (χ1) is 12.6. The van der Waals surface area contributed by atoms with Gasteiger partial charge in [-0.25, -0.2) is 4.98 Å². The first-order valence-corrected chi connectivity index (χ1v) is 8.85. The molecule has 0 saturated heterocycles. The third-order valence-electron chi connectivity index (χ3n) is 3.79. The van der Waals surface area contributed by atoms with Gasteiger partial charge in [0.25, 0.3) is 5.69 Å². The lowest BCUT2D eigenvalue weighted by Crippen LogP contribution is -2.25. The highest BCUT2D eigenvalue weighted by Gasteiger charge is 2.10. The van der Waals surface area contributed by atoms with E-state index in [1.54, 1.807) is 6.07 Å². The molecule has 0 unspecified atom stereocenters. The maximum Gasteiger partial charge on any atom is 0.270 e. The number of anilines is 1. The van der Waals surface area contributed by atoms with Gasteiger partial charge in [-0.2, -0.15) is 0 Å². The van der Waals surface area contributed by atoms with Crippen LogP contribution in [0.5, 0.6) is 0 Å². The van der Waals surface area contributed by atoms with Crippen molar-refractivity contribution in [2.75, 3.05) is 24.6 Å². The Labute approximate surface area is 153 Å². The number of fused-ring (bicyclic) bond motifs is 1. The molecule has 0 saturated carbocycles. The summed E-state index contributed by atoms with van der Waals surface area (Å²) in [7, 11) is 0. The summed E-state index contributed by atoms with van der Waals surface area (Å²) in [5.41, 5.74) is 2.38. The lowest BCUT2D eigenvalue weighted by molar-refractivity contribution is -0.384. The minimum Gasteiger partial charge on any atom is -0.395 e. The number of likely N-dealkylation sites (N-methyl/N-ethyl adjacent to an activating group) is 1. The Bertz CT molecular complexity index is 939. The van der Waals surface area contributed by atoms with E-state index in [0.29, 0.717) is 27.6 Å². The SMILES string of the molecule is CCN(CCO)c1ccc(N=Nc2nc3ccc([N+](=O)[O-])cc3s2)cc1. The Kier molecular flexibility index (Phi) is 5.49. The maximum atomic E-state index is 10.8. The van der Waals surface area contributed by atoms with E-state index in [4.69, 9.17) is 5.11 Å². The summed E-state index contributed by atoms with van der Waals surface area (Å²) < 4.78 is 0.700. The average Bonchev–Trinajstić information content (AvgIpc) is 3.07. The Balaban J connectivity index is 1.77. The molecule has 26 heavy (non-hydrogen) atoms. The molecular formula is C17H17N5O3S. The van der Waals surface area contributed by atoms with Crippen molar-refractivity contribution in [2.24, 2.45) is 10.2 Å². The van der Waals surface area contributed by atoms with Crippen LogP contribution < -0.4 is 4.90 Å². The number of aliphatic hydroxyl groups excluding tert-OH is 1. The van der Waals surface area contributed by atoms with Crippen molar-refractivity contribution >= 4 is 43.7 Å². The van der Waals surface area contributed by atoms with Crippen molar-refractivity contribution < 1.29 is 10.0 Å².